The first-order chi connectivity index (χ1) is 28.8. The van der Waals surface area contributed by atoms with Gasteiger partial charge >= 0.3 is 0 Å². The van der Waals surface area contributed by atoms with Gasteiger partial charge in [0.05, 0.1) is 75.2 Å². The van der Waals surface area contributed by atoms with Crippen LogP contribution in [0, 0.1) is 17.8 Å². The Morgan fingerprint density at radius 3 is 2.28 bits per heavy atom. The smallest absolute Gasteiger partial charge is 0.236 e. The minimum Gasteiger partial charge on any atom is -0.547 e. The predicted molar refractivity (Wildman–Crippen MR) is 203 cm³/mol. The van der Waals surface area contributed by atoms with E-state index >= 15 is 0 Å². The van der Waals surface area contributed by atoms with Gasteiger partial charge in [-0.15, -0.1) is 18.3 Å². The van der Waals surface area contributed by atoms with Gasteiger partial charge in [0.15, 0.2) is 12.6 Å². The molecule has 0 aromatic carbocycles. The Morgan fingerprint density at radius 2 is 1.65 bits per heavy atom. The molecule has 60 heavy (non-hydrogen) atoms. The molecule has 0 spiro atoms. The highest BCUT2D eigenvalue weighted by molar-refractivity contribution is 6.06. The zero-order chi connectivity index (χ0) is 43.7. The third-order valence-corrected chi connectivity index (χ3v) is 11.4. The fraction of sp³-hybridized carbons (Fsp3) is 0.750. The van der Waals surface area contributed by atoms with Crippen molar-refractivity contribution in [3.8, 4) is 0 Å². The number of likely N-dealkylation sites (tertiary alicyclic amines) is 1. The van der Waals surface area contributed by atoms with E-state index in [1.807, 2.05) is 6.92 Å². The number of aliphatic hydroxyl groups excluding tert-OH is 3. The highest BCUT2D eigenvalue weighted by Gasteiger charge is 2.58. The van der Waals surface area contributed by atoms with Crippen LogP contribution in [0.4, 0.5) is 4.39 Å². The molecule has 0 aliphatic carbocycles. The molecule has 0 saturated carbocycles. The molecule has 19 nitrogen and oxygen atoms in total. The maximum atomic E-state index is 14.7. The van der Waals surface area contributed by atoms with E-state index in [0.717, 1.165) is 0 Å². The van der Waals surface area contributed by atoms with E-state index in [4.69, 9.17) is 28.4 Å². The second-order valence-corrected chi connectivity index (χ2v) is 15.6. The highest BCUT2D eigenvalue weighted by Crippen LogP contribution is 2.41. The molecule has 4 aliphatic heterocycles. The molecular formula is C40H59FN5O14-. The average molecular weight is 853 g/mol. The first-order valence-electron chi connectivity index (χ1n) is 20.7. The molecule has 5 rings (SSSR count). The van der Waals surface area contributed by atoms with Crippen LogP contribution in [0.15, 0.2) is 31.5 Å². The summed E-state index contributed by atoms with van der Waals surface area (Å²) >= 11 is 0. The van der Waals surface area contributed by atoms with Crippen LogP contribution >= 0.6 is 0 Å². The zero-order valence-corrected chi connectivity index (χ0v) is 34.4. The Balaban J connectivity index is 1.02. The lowest BCUT2D eigenvalue weighted by Gasteiger charge is -2.46. The minimum atomic E-state index is -1.91. The maximum absolute atomic E-state index is 14.7. The van der Waals surface area contributed by atoms with Gasteiger partial charge in [-0.2, -0.15) is 0 Å². The number of aromatic nitrogens is 3. The van der Waals surface area contributed by atoms with E-state index in [-0.39, 0.29) is 57.1 Å². The van der Waals surface area contributed by atoms with Gasteiger partial charge in [0.25, 0.3) is 0 Å². The Labute approximate surface area is 348 Å². The number of aliphatic carboxylic acids is 1. The number of nitrogens with zero attached hydrogens (tertiary/aromatic N) is 5. The second kappa shape index (κ2) is 21.9. The number of ether oxygens (including phenoxy) is 6. The molecule has 4 unspecified atom stereocenters. The fourth-order valence-corrected chi connectivity index (χ4v) is 8.06. The van der Waals surface area contributed by atoms with Crippen molar-refractivity contribution >= 4 is 23.7 Å². The molecule has 0 radical (unpaired) electrons. The van der Waals surface area contributed by atoms with E-state index in [1.165, 1.54) is 11.8 Å². The van der Waals surface area contributed by atoms with Crippen LogP contribution in [0.1, 0.15) is 65.0 Å². The van der Waals surface area contributed by atoms with Gasteiger partial charge in [-0.25, -0.2) is 9.07 Å². The number of carboxylic acid groups (broad SMARTS) is 1. The summed E-state index contributed by atoms with van der Waals surface area (Å²) in [6.45, 7) is 13.8. The van der Waals surface area contributed by atoms with Crippen molar-refractivity contribution in [2.75, 3.05) is 32.9 Å². The molecule has 14 atom stereocenters. The molecule has 20 heteroatoms. The van der Waals surface area contributed by atoms with E-state index < -0.39 is 91.3 Å². The lowest BCUT2D eigenvalue weighted by molar-refractivity contribution is -0.369. The van der Waals surface area contributed by atoms with Gasteiger partial charge < -0.3 is 58.5 Å². The zero-order valence-electron chi connectivity index (χ0n) is 34.4. The summed E-state index contributed by atoms with van der Waals surface area (Å²) in [4.78, 5) is 54.2. The summed E-state index contributed by atoms with van der Waals surface area (Å²) in [7, 11) is 0. The van der Waals surface area contributed by atoms with E-state index in [1.54, 1.807) is 34.9 Å². The van der Waals surface area contributed by atoms with Crippen LogP contribution in [0.25, 0.3) is 0 Å². The molecule has 5 heterocycles. The number of imide groups is 1. The summed E-state index contributed by atoms with van der Waals surface area (Å²) in [6.07, 6.45) is -7.24. The Morgan fingerprint density at radius 1 is 0.950 bits per heavy atom. The SMILES string of the molecule is C=C[C@@H]1O[C@H](C=C)[C@@H]2C(=O)N(CCCCCN(Cc3cn(CCOCCO[C@@H]4OC(C(=O)[O-])[C@@H](O[C@H]5OC(CC)[C@@H](O)[C@H](F)C5C)[C@H](O)C4O)nn3)C(=O)CCC)C(=O)[C@@H]21. The monoisotopic (exact) mass is 852 g/mol. The molecule has 1 aromatic rings. The van der Waals surface area contributed by atoms with Crippen molar-refractivity contribution in [3.05, 3.63) is 37.2 Å². The lowest BCUT2D eigenvalue weighted by atomic mass is 9.89. The standard InChI is InChI=1S/C40H60FN5O14/c1-6-13-27(47)44(14-11-10-12-15-46-36(51)28-24(7-2)57-25(8-3)29(28)37(46)52)20-23-21-45(43-42-23)16-17-55-18-19-56-40-33(50)32(49)34(35(60-40)38(53)54)59-39-22(5)30(41)31(48)26(9-4)58-39/h7-8,21-22,24-26,28-35,39-40,48-50H,2-3,6,9-20H2,1,4-5H3,(H,53,54)/p-1/t22?,24-,25+,26?,28+,29-,30-,31-,32-,33?,34+,35?,39-,40-/m1/s1. The van der Waals surface area contributed by atoms with Crippen molar-refractivity contribution in [1.29, 1.82) is 0 Å². The molecule has 336 valence electrons. The van der Waals surface area contributed by atoms with Gasteiger partial charge in [0.2, 0.25) is 17.7 Å². The van der Waals surface area contributed by atoms with E-state index in [9.17, 15) is 44.0 Å². The average Bonchev–Trinajstić information content (AvgIpc) is 3.92. The van der Waals surface area contributed by atoms with Crippen molar-refractivity contribution < 1.29 is 72.4 Å². The molecule has 3 N–H and O–H groups in total. The second-order valence-electron chi connectivity index (χ2n) is 15.6. The van der Waals surface area contributed by atoms with E-state index in [0.29, 0.717) is 50.9 Å². The van der Waals surface area contributed by atoms with Gasteiger partial charge in [-0.3, -0.25) is 19.3 Å². The number of unbranched alkanes of at least 4 members (excludes halogenated alkanes) is 2. The van der Waals surface area contributed by atoms with Crippen LogP contribution in [0.2, 0.25) is 0 Å². The summed E-state index contributed by atoms with van der Waals surface area (Å²) in [6, 6.07) is 0. The van der Waals surface area contributed by atoms with Gasteiger partial charge in [0.1, 0.15) is 42.4 Å². The number of carbonyl (C=O) groups is 4. The molecule has 4 aliphatic rings. The van der Waals surface area contributed by atoms with Gasteiger partial charge in [-0.1, -0.05) is 38.1 Å². The molecule has 0 bridgehead atoms. The number of aliphatic hydroxyl groups is 3. The van der Waals surface area contributed by atoms with Gasteiger partial charge in [-0.05, 0) is 32.1 Å². The first kappa shape index (κ1) is 47.3. The molecule has 3 amide bonds. The number of hydrogen-bond acceptors (Lipinski definition) is 16. The quantitative estimate of drug-likeness (QED) is 0.0707. The molecule has 1 aromatic heterocycles. The third kappa shape index (κ3) is 10.8. The number of fused-ring (bicyclic) bond motifs is 1. The number of carboxylic acids is 1. The summed E-state index contributed by atoms with van der Waals surface area (Å²) in [5.41, 5.74) is 0.571. The predicted octanol–water partition coefficient (Wildman–Crippen LogP) is -0.597. The lowest BCUT2D eigenvalue weighted by Crippen LogP contribution is -2.65. The van der Waals surface area contributed by atoms with Crippen molar-refractivity contribution in [1.82, 2.24) is 24.8 Å². The normalized spacial score (nSPS) is 34.1. The number of alkyl halides is 1. The van der Waals surface area contributed by atoms with Crippen molar-refractivity contribution in [3.63, 3.8) is 0 Å². The third-order valence-electron chi connectivity index (χ3n) is 11.4. The first-order valence-corrected chi connectivity index (χ1v) is 20.7. The summed E-state index contributed by atoms with van der Waals surface area (Å²) in [5.74, 6) is -4.48. The van der Waals surface area contributed by atoms with Crippen LogP contribution < -0.4 is 5.11 Å². The molecular weight excluding hydrogens is 793 g/mol. The van der Waals surface area contributed by atoms with Crippen LogP contribution in [0.3, 0.4) is 0 Å². The highest BCUT2D eigenvalue weighted by atomic mass is 19.1. The Hall–Kier alpha value is -3.73. The molecule has 4 saturated heterocycles. The van der Waals surface area contributed by atoms with Crippen LogP contribution in [0.5, 0.6) is 0 Å². The molecule has 4 fully saturated rings. The maximum Gasteiger partial charge on any atom is 0.236 e. The van der Waals surface area contributed by atoms with E-state index in [2.05, 4.69) is 23.5 Å². The van der Waals surface area contributed by atoms with Crippen LogP contribution in [-0.2, 0) is 60.7 Å². The number of carbonyl (C=O) groups excluding carboxylic acids is 4. The number of amides is 3. The largest absolute Gasteiger partial charge is 0.547 e. The number of hydrogen-bond donors (Lipinski definition) is 3. The number of halogens is 1. The summed E-state index contributed by atoms with van der Waals surface area (Å²) < 4.78 is 49.8. The Bertz CT molecular complexity index is 1600. The topological polar surface area (TPSA) is 245 Å². The Kier molecular flexibility index (Phi) is 17.3. The number of rotatable bonds is 23. The fourth-order valence-electron chi connectivity index (χ4n) is 8.06. The summed E-state index contributed by atoms with van der Waals surface area (Å²) in [5, 5.41) is 51.9. The van der Waals surface area contributed by atoms with Crippen LogP contribution in [-0.4, -0.2) is 164 Å². The minimum absolute atomic E-state index is 0.00810. The van der Waals surface area contributed by atoms with Gasteiger partial charge in [0, 0.05) is 25.4 Å². The van der Waals surface area contributed by atoms with Crippen molar-refractivity contribution in [2.24, 2.45) is 17.8 Å². The van der Waals surface area contributed by atoms with Crippen molar-refractivity contribution in [2.45, 2.75) is 140 Å².